The first-order chi connectivity index (χ1) is 13.7. The van der Waals surface area contributed by atoms with Gasteiger partial charge in [-0.3, -0.25) is 14.7 Å². The van der Waals surface area contributed by atoms with Crippen LogP contribution in [-0.2, 0) is 0 Å². The van der Waals surface area contributed by atoms with Gasteiger partial charge in [0, 0.05) is 26.7 Å². The maximum atomic E-state index is 11.8. The van der Waals surface area contributed by atoms with Gasteiger partial charge in [-0.15, -0.1) is 0 Å². The van der Waals surface area contributed by atoms with E-state index in [1.54, 1.807) is 19.2 Å². The smallest absolute Gasteiger partial charge is 0.287 e. The van der Waals surface area contributed by atoms with E-state index in [0.717, 1.165) is 19.6 Å². The van der Waals surface area contributed by atoms with Gasteiger partial charge in [0.05, 0.1) is 12.3 Å². The molecule has 0 spiro atoms. The summed E-state index contributed by atoms with van der Waals surface area (Å²) in [5, 5.41) is 9.43. The van der Waals surface area contributed by atoms with Crippen LogP contribution in [0.5, 0.6) is 0 Å². The normalized spacial score (nSPS) is 12.6. The molecule has 0 radical (unpaired) electrons. The summed E-state index contributed by atoms with van der Waals surface area (Å²) in [4.78, 5) is 18.5. The first-order valence-corrected chi connectivity index (χ1v) is 9.74. The number of carbonyl (C=O) groups is 1. The summed E-state index contributed by atoms with van der Waals surface area (Å²) in [7, 11) is 1.74. The largest absolute Gasteiger partial charge is 0.459 e. The number of hydrogen-bond donors (Lipinski definition) is 3. The molecule has 7 heteroatoms. The Morgan fingerprint density at radius 2 is 1.75 bits per heavy atom. The number of amides is 1. The highest BCUT2D eigenvalue weighted by atomic mass is 16.3. The predicted molar refractivity (Wildman–Crippen MR) is 113 cm³/mol. The molecule has 2 aromatic rings. The van der Waals surface area contributed by atoms with Crippen molar-refractivity contribution in [2.75, 3.05) is 39.8 Å². The van der Waals surface area contributed by atoms with Crippen LogP contribution in [0, 0.1) is 0 Å². The van der Waals surface area contributed by atoms with Crippen molar-refractivity contribution in [1.82, 2.24) is 20.9 Å². The third-order valence-electron chi connectivity index (χ3n) is 4.57. The van der Waals surface area contributed by atoms with E-state index in [2.05, 4.69) is 64.0 Å². The van der Waals surface area contributed by atoms with Crippen LogP contribution in [0.15, 0.2) is 58.1 Å². The molecule has 1 heterocycles. The third-order valence-corrected chi connectivity index (χ3v) is 4.57. The summed E-state index contributed by atoms with van der Waals surface area (Å²) in [5.41, 5.74) is 1.28. The molecule has 1 atom stereocenters. The van der Waals surface area contributed by atoms with Gasteiger partial charge in [-0.05, 0) is 30.8 Å². The molecule has 1 aromatic heterocycles. The second-order valence-electron chi connectivity index (χ2n) is 6.26. The van der Waals surface area contributed by atoms with E-state index in [-0.39, 0.29) is 11.9 Å². The lowest BCUT2D eigenvalue weighted by atomic mass is 10.1. The summed E-state index contributed by atoms with van der Waals surface area (Å²) >= 11 is 0. The highest BCUT2D eigenvalue weighted by molar-refractivity contribution is 5.91. The van der Waals surface area contributed by atoms with Gasteiger partial charge in [0.25, 0.3) is 5.91 Å². The molecule has 0 fully saturated rings. The Balaban J connectivity index is 1.82. The number of carbonyl (C=O) groups excluding carboxylic acids is 1. The van der Waals surface area contributed by atoms with E-state index >= 15 is 0 Å². The molecule has 3 N–H and O–H groups in total. The summed E-state index contributed by atoms with van der Waals surface area (Å²) < 4.78 is 5.07. The highest BCUT2D eigenvalue weighted by Gasteiger charge is 2.18. The minimum atomic E-state index is -0.222. The topological polar surface area (TPSA) is 81.9 Å². The number of furan rings is 1. The van der Waals surface area contributed by atoms with Crippen LogP contribution in [0.25, 0.3) is 0 Å². The molecule has 0 saturated carbocycles. The minimum Gasteiger partial charge on any atom is -0.459 e. The Kier molecular flexibility index (Phi) is 9.07. The first-order valence-electron chi connectivity index (χ1n) is 9.74. The molecule has 0 aliphatic heterocycles. The monoisotopic (exact) mass is 385 g/mol. The molecular formula is C21H31N5O2. The molecule has 0 saturated heterocycles. The minimum absolute atomic E-state index is 0.222. The van der Waals surface area contributed by atoms with Gasteiger partial charge < -0.3 is 20.4 Å². The molecule has 2 rings (SSSR count). The van der Waals surface area contributed by atoms with Crippen molar-refractivity contribution in [3.63, 3.8) is 0 Å². The van der Waals surface area contributed by atoms with Crippen molar-refractivity contribution in [3.05, 3.63) is 60.1 Å². The van der Waals surface area contributed by atoms with Crippen LogP contribution in [0.4, 0.5) is 0 Å². The summed E-state index contributed by atoms with van der Waals surface area (Å²) in [5.74, 6) is 0.799. The van der Waals surface area contributed by atoms with Gasteiger partial charge >= 0.3 is 0 Å². The zero-order chi connectivity index (χ0) is 20.2. The summed E-state index contributed by atoms with van der Waals surface area (Å²) in [6.07, 6.45) is 1.48. The van der Waals surface area contributed by atoms with Crippen LogP contribution >= 0.6 is 0 Å². The Hall–Kier alpha value is -2.80. The van der Waals surface area contributed by atoms with E-state index in [4.69, 9.17) is 4.42 Å². The first kappa shape index (κ1) is 21.5. The lowest BCUT2D eigenvalue weighted by Crippen LogP contribution is -2.45. The van der Waals surface area contributed by atoms with Crippen molar-refractivity contribution in [2.45, 2.75) is 19.9 Å². The number of nitrogens with one attached hydrogen (secondary N) is 3. The molecule has 7 nitrogen and oxygen atoms in total. The number of benzene rings is 1. The maximum absolute atomic E-state index is 11.8. The fourth-order valence-corrected chi connectivity index (χ4v) is 3.06. The lowest BCUT2D eigenvalue weighted by Gasteiger charge is -2.30. The maximum Gasteiger partial charge on any atom is 0.287 e. The average Bonchev–Trinajstić information content (AvgIpc) is 3.28. The number of rotatable bonds is 10. The van der Waals surface area contributed by atoms with Crippen LogP contribution in [0.1, 0.15) is 36.0 Å². The average molecular weight is 386 g/mol. The lowest BCUT2D eigenvalue weighted by molar-refractivity contribution is 0.0926. The van der Waals surface area contributed by atoms with Crippen molar-refractivity contribution in [2.24, 2.45) is 4.99 Å². The highest BCUT2D eigenvalue weighted by Crippen LogP contribution is 2.19. The number of hydrogen-bond acceptors (Lipinski definition) is 4. The van der Waals surface area contributed by atoms with E-state index in [1.807, 2.05) is 6.07 Å². The standard InChI is InChI=1S/C21H31N5O2/c1-4-26(5-2)18(17-10-7-6-8-11-17)16-25-21(22-3)24-14-13-23-20(27)19-12-9-15-28-19/h6-12,15,18H,4-5,13-14,16H2,1-3H3,(H,23,27)(H2,22,24,25). The van der Waals surface area contributed by atoms with Crippen LogP contribution < -0.4 is 16.0 Å². The fraction of sp³-hybridized carbons (Fsp3) is 0.429. The molecule has 1 aromatic carbocycles. The van der Waals surface area contributed by atoms with Gasteiger partial charge in [-0.25, -0.2) is 0 Å². The molecule has 1 amide bonds. The second kappa shape index (κ2) is 11.8. The van der Waals surface area contributed by atoms with Gasteiger partial charge in [-0.1, -0.05) is 44.2 Å². The number of likely N-dealkylation sites (N-methyl/N-ethyl adjacent to an activating group) is 1. The van der Waals surface area contributed by atoms with Crippen molar-refractivity contribution >= 4 is 11.9 Å². The summed E-state index contributed by atoms with van der Waals surface area (Å²) in [6.45, 7) is 8.07. The Morgan fingerprint density at radius 1 is 1.04 bits per heavy atom. The SMILES string of the molecule is CCN(CC)C(CNC(=NC)NCCNC(=O)c1ccco1)c1ccccc1. The van der Waals surface area contributed by atoms with Gasteiger partial charge in [-0.2, -0.15) is 0 Å². The summed E-state index contributed by atoms with van der Waals surface area (Å²) in [6, 6.07) is 14.1. The number of nitrogens with zero attached hydrogens (tertiary/aromatic N) is 2. The van der Waals surface area contributed by atoms with Crippen molar-refractivity contribution in [1.29, 1.82) is 0 Å². The number of aliphatic imine (C=N–C) groups is 1. The zero-order valence-electron chi connectivity index (χ0n) is 16.9. The van der Waals surface area contributed by atoms with Gasteiger partial charge in [0.1, 0.15) is 0 Å². The molecule has 0 aliphatic rings. The van der Waals surface area contributed by atoms with Gasteiger partial charge in [0.15, 0.2) is 11.7 Å². The Labute approximate surface area is 167 Å². The molecular weight excluding hydrogens is 354 g/mol. The zero-order valence-corrected chi connectivity index (χ0v) is 16.9. The van der Waals surface area contributed by atoms with E-state index in [0.29, 0.717) is 24.8 Å². The molecule has 0 aliphatic carbocycles. The van der Waals surface area contributed by atoms with Crippen molar-refractivity contribution in [3.8, 4) is 0 Å². The van der Waals surface area contributed by atoms with Crippen LogP contribution in [0.3, 0.4) is 0 Å². The Bertz CT molecular complexity index is 712. The molecule has 0 bridgehead atoms. The molecule has 28 heavy (non-hydrogen) atoms. The van der Waals surface area contributed by atoms with Crippen molar-refractivity contribution < 1.29 is 9.21 Å². The van der Waals surface area contributed by atoms with Gasteiger partial charge in [0.2, 0.25) is 0 Å². The molecule has 152 valence electrons. The van der Waals surface area contributed by atoms with E-state index in [9.17, 15) is 4.79 Å². The third kappa shape index (κ3) is 6.42. The Morgan fingerprint density at radius 3 is 2.36 bits per heavy atom. The quantitative estimate of drug-likeness (QED) is 0.332. The van der Waals surface area contributed by atoms with Crippen LogP contribution in [0.2, 0.25) is 0 Å². The fourth-order valence-electron chi connectivity index (χ4n) is 3.06. The van der Waals surface area contributed by atoms with E-state index in [1.165, 1.54) is 11.8 Å². The second-order valence-corrected chi connectivity index (χ2v) is 6.26. The van der Waals surface area contributed by atoms with E-state index < -0.39 is 0 Å². The molecule has 1 unspecified atom stereocenters. The van der Waals surface area contributed by atoms with Crippen LogP contribution in [-0.4, -0.2) is 56.5 Å². The number of guanidine groups is 1. The predicted octanol–water partition coefficient (Wildman–Crippen LogP) is 2.26.